The second-order valence-corrected chi connectivity index (χ2v) is 5.04. The van der Waals surface area contributed by atoms with Crippen LogP contribution in [0.3, 0.4) is 0 Å². The number of thiophene rings is 1. The number of halogens is 2. The summed E-state index contributed by atoms with van der Waals surface area (Å²) in [4.78, 5) is 9.16. The lowest BCUT2D eigenvalue weighted by Gasteiger charge is -2.03. The maximum Gasteiger partial charge on any atom is 0.231 e. The average molecular weight is 287 g/mol. The van der Waals surface area contributed by atoms with Crippen molar-refractivity contribution in [2.24, 2.45) is 0 Å². The number of rotatable bonds is 1. The van der Waals surface area contributed by atoms with Crippen molar-refractivity contribution in [3.8, 4) is 11.4 Å². The topological polar surface area (TPSA) is 25.8 Å². The van der Waals surface area contributed by atoms with E-state index < -0.39 is 5.95 Å². The van der Waals surface area contributed by atoms with E-state index in [-0.39, 0.29) is 0 Å². The molecule has 0 N–H and O–H groups in total. The average Bonchev–Trinajstić information content (AvgIpc) is 2.60. The van der Waals surface area contributed by atoms with Crippen LogP contribution in [0.4, 0.5) is 4.39 Å². The minimum absolute atomic E-state index is 0.333. The molecule has 0 aliphatic heterocycles. The fraction of sp³-hybridized carbons (Fsp3) is 0.200. The van der Waals surface area contributed by atoms with Crippen molar-refractivity contribution >= 4 is 27.3 Å². The third kappa shape index (κ3) is 1.94. The van der Waals surface area contributed by atoms with E-state index in [1.165, 1.54) is 0 Å². The van der Waals surface area contributed by atoms with Crippen molar-refractivity contribution in [1.29, 1.82) is 0 Å². The Hall–Kier alpha value is -0.810. The second-order valence-electron chi connectivity index (χ2n) is 3.13. The highest BCUT2D eigenvalue weighted by atomic mass is 79.9. The van der Waals surface area contributed by atoms with Crippen LogP contribution >= 0.6 is 27.3 Å². The third-order valence-electron chi connectivity index (χ3n) is 2.08. The molecule has 2 heterocycles. The van der Waals surface area contributed by atoms with Gasteiger partial charge in [0, 0.05) is 10.4 Å². The largest absolute Gasteiger partial charge is 0.232 e. The SMILES string of the molecule is Cc1nc(-c2ccsc2C)nc(F)c1Br. The van der Waals surface area contributed by atoms with Gasteiger partial charge in [-0.05, 0) is 41.2 Å². The van der Waals surface area contributed by atoms with Crippen LogP contribution < -0.4 is 0 Å². The van der Waals surface area contributed by atoms with Gasteiger partial charge in [-0.25, -0.2) is 4.98 Å². The zero-order chi connectivity index (χ0) is 11.0. The molecule has 0 unspecified atom stereocenters. The molecule has 2 rings (SSSR count). The first-order valence-corrected chi connectivity index (χ1v) is 6.01. The standard InChI is InChI=1S/C10H8BrFN2S/c1-5-8(11)9(12)14-10(13-5)7-3-4-15-6(7)2/h3-4H,1-2H3. The summed E-state index contributed by atoms with van der Waals surface area (Å²) in [6.07, 6.45) is 0. The molecule has 0 saturated carbocycles. The smallest absolute Gasteiger partial charge is 0.231 e. The highest BCUT2D eigenvalue weighted by molar-refractivity contribution is 9.10. The van der Waals surface area contributed by atoms with Gasteiger partial charge in [0.25, 0.3) is 0 Å². The summed E-state index contributed by atoms with van der Waals surface area (Å²) in [6.45, 7) is 3.72. The van der Waals surface area contributed by atoms with E-state index in [1.54, 1.807) is 18.3 Å². The molecule has 0 aliphatic carbocycles. The van der Waals surface area contributed by atoms with Gasteiger partial charge in [0.1, 0.15) is 0 Å². The first kappa shape index (κ1) is 10.7. The van der Waals surface area contributed by atoms with Crippen LogP contribution in [0.1, 0.15) is 10.6 Å². The molecule has 78 valence electrons. The quantitative estimate of drug-likeness (QED) is 0.747. The first-order chi connectivity index (χ1) is 7.09. The van der Waals surface area contributed by atoms with E-state index in [0.29, 0.717) is 16.0 Å². The number of aryl methyl sites for hydroxylation is 2. The van der Waals surface area contributed by atoms with Crippen LogP contribution in [0.2, 0.25) is 0 Å². The summed E-state index contributed by atoms with van der Waals surface area (Å²) in [7, 11) is 0. The third-order valence-corrected chi connectivity index (χ3v) is 3.82. The van der Waals surface area contributed by atoms with Crippen LogP contribution in [-0.4, -0.2) is 9.97 Å². The van der Waals surface area contributed by atoms with Gasteiger partial charge < -0.3 is 0 Å². The fourth-order valence-electron chi connectivity index (χ4n) is 1.26. The Morgan fingerprint density at radius 1 is 1.33 bits per heavy atom. The molecule has 0 spiro atoms. The van der Waals surface area contributed by atoms with Gasteiger partial charge in [-0.1, -0.05) is 0 Å². The molecule has 5 heteroatoms. The zero-order valence-corrected chi connectivity index (χ0v) is 10.6. The number of nitrogens with zero attached hydrogens (tertiary/aromatic N) is 2. The molecule has 2 aromatic rings. The lowest BCUT2D eigenvalue weighted by molar-refractivity contribution is 0.571. The van der Waals surface area contributed by atoms with Crippen LogP contribution in [0.25, 0.3) is 11.4 Å². The molecule has 0 aromatic carbocycles. The van der Waals surface area contributed by atoms with E-state index in [1.807, 2.05) is 18.4 Å². The van der Waals surface area contributed by atoms with Gasteiger partial charge in [0.2, 0.25) is 5.95 Å². The Bertz CT molecular complexity index is 487. The molecule has 15 heavy (non-hydrogen) atoms. The van der Waals surface area contributed by atoms with Crippen LogP contribution in [0, 0.1) is 19.8 Å². The molecule has 0 atom stereocenters. The van der Waals surface area contributed by atoms with Crippen LogP contribution in [-0.2, 0) is 0 Å². The minimum Gasteiger partial charge on any atom is -0.232 e. The van der Waals surface area contributed by atoms with Gasteiger partial charge in [-0.15, -0.1) is 11.3 Å². The van der Waals surface area contributed by atoms with Crippen molar-refractivity contribution in [1.82, 2.24) is 9.97 Å². The summed E-state index contributed by atoms with van der Waals surface area (Å²) in [5.74, 6) is -0.0601. The molecule has 2 nitrogen and oxygen atoms in total. The number of hydrogen-bond acceptors (Lipinski definition) is 3. The number of hydrogen-bond donors (Lipinski definition) is 0. The van der Waals surface area contributed by atoms with Crippen molar-refractivity contribution in [2.45, 2.75) is 13.8 Å². The van der Waals surface area contributed by atoms with Crippen molar-refractivity contribution < 1.29 is 4.39 Å². The Balaban J connectivity index is 2.60. The molecule has 0 aliphatic rings. The summed E-state index contributed by atoms with van der Waals surface area (Å²) >= 11 is 4.70. The highest BCUT2D eigenvalue weighted by Gasteiger charge is 2.12. The van der Waals surface area contributed by atoms with Crippen LogP contribution in [0.15, 0.2) is 15.9 Å². The summed E-state index contributed by atoms with van der Waals surface area (Å²) in [5.41, 5.74) is 1.51. The summed E-state index contributed by atoms with van der Waals surface area (Å²) in [6, 6.07) is 1.90. The molecule has 0 bridgehead atoms. The zero-order valence-electron chi connectivity index (χ0n) is 8.21. The van der Waals surface area contributed by atoms with Crippen molar-refractivity contribution in [3.63, 3.8) is 0 Å². The Kier molecular flexibility index (Phi) is 2.84. The summed E-state index contributed by atoms with van der Waals surface area (Å²) < 4.78 is 13.7. The normalized spacial score (nSPS) is 10.7. The maximum absolute atomic E-state index is 13.4. The lowest BCUT2D eigenvalue weighted by Crippen LogP contribution is -1.97. The predicted molar refractivity (Wildman–Crippen MR) is 62.5 cm³/mol. The molecule has 0 saturated heterocycles. The fourth-order valence-corrected chi connectivity index (χ4v) is 2.13. The van der Waals surface area contributed by atoms with Gasteiger partial charge in [-0.2, -0.15) is 9.37 Å². The molecule has 0 fully saturated rings. The molecular formula is C10H8BrFN2S. The van der Waals surface area contributed by atoms with E-state index in [4.69, 9.17) is 0 Å². The minimum atomic E-state index is -0.511. The monoisotopic (exact) mass is 286 g/mol. The summed E-state index contributed by atoms with van der Waals surface area (Å²) in [5, 5.41) is 1.95. The van der Waals surface area contributed by atoms with E-state index in [2.05, 4.69) is 25.9 Å². The lowest BCUT2D eigenvalue weighted by atomic mass is 10.2. The predicted octanol–water partition coefficient (Wildman–Crippen LogP) is 3.72. The Morgan fingerprint density at radius 2 is 2.07 bits per heavy atom. The maximum atomic E-state index is 13.4. The Labute approximate surface area is 99.3 Å². The number of aromatic nitrogens is 2. The van der Waals surface area contributed by atoms with Crippen molar-refractivity contribution in [2.75, 3.05) is 0 Å². The first-order valence-electron chi connectivity index (χ1n) is 4.33. The van der Waals surface area contributed by atoms with E-state index in [0.717, 1.165) is 10.4 Å². The van der Waals surface area contributed by atoms with Gasteiger partial charge >= 0.3 is 0 Å². The molecular weight excluding hydrogens is 279 g/mol. The van der Waals surface area contributed by atoms with Gasteiger partial charge in [0.05, 0.1) is 10.2 Å². The van der Waals surface area contributed by atoms with Crippen molar-refractivity contribution in [3.05, 3.63) is 32.4 Å². The molecule has 2 aromatic heterocycles. The highest BCUT2D eigenvalue weighted by Crippen LogP contribution is 2.27. The Morgan fingerprint density at radius 3 is 2.60 bits per heavy atom. The molecule has 0 amide bonds. The van der Waals surface area contributed by atoms with Crippen LogP contribution in [0.5, 0.6) is 0 Å². The second kappa shape index (κ2) is 3.98. The van der Waals surface area contributed by atoms with Gasteiger partial charge in [0.15, 0.2) is 5.82 Å². The van der Waals surface area contributed by atoms with Gasteiger partial charge in [-0.3, -0.25) is 0 Å². The van der Waals surface area contributed by atoms with E-state index >= 15 is 0 Å². The van der Waals surface area contributed by atoms with E-state index in [9.17, 15) is 4.39 Å². The molecule has 0 radical (unpaired) electrons.